The summed E-state index contributed by atoms with van der Waals surface area (Å²) in [6.45, 7) is 3.35. The highest BCUT2D eigenvalue weighted by molar-refractivity contribution is 7.89. The smallest absolute Gasteiger partial charge is 0.246 e. The van der Waals surface area contributed by atoms with E-state index in [1.807, 2.05) is 0 Å². The summed E-state index contributed by atoms with van der Waals surface area (Å²) in [6, 6.07) is 5.01. The van der Waals surface area contributed by atoms with E-state index in [2.05, 4.69) is 5.32 Å². The van der Waals surface area contributed by atoms with Crippen molar-refractivity contribution < 1.29 is 17.9 Å². The average Bonchev–Trinajstić information content (AvgIpc) is 2.76. The molecule has 6 nitrogen and oxygen atoms in total. The Labute approximate surface area is 130 Å². The molecule has 3 rings (SSSR count). The second kappa shape index (κ2) is 6.83. The van der Waals surface area contributed by atoms with E-state index in [0.717, 1.165) is 13.0 Å². The van der Waals surface area contributed by atoms with Crippen LogP contribution in [0.3, 0.4) is 0 Å². The molecule has 0 spiro atoms. The van der Waals surface area contributed by atoms with E-state index >= 15 is 0 Å². The number of fused-ring (bicyclic) bond motifs is 1. The molecule has 8 heteroatoms. The Hall–Kier alpha value is -1.02. The fourth-order valence-electron chi connectivity index (χ4n) is 2.45. The van der Waals surface area contributed by atoms with E-state index in [9.17, 15) is 8.42 Å². The van der Waals surface area contributed by atoms with Gasteiger partial charge in [0.05, 0.1) is 0 Å². The molecule has 1 saturated heterocycles. The zero-order valence-corrected chi connectivity index (χ0v) is 13.2. The third-order valence-electron chi connectivity index (χ3n) is 3.45. The van der Waals surface area contributed by atoms with Crippen LogP contribution in [0.15, 0.2) is 23.1 Å². The first-order valence-electron chi connectivity index (χ1n) is 6.79. The third-order valence-corrected chi connectivity index (χ3v) is 5.37. The van der Waals surface area contributed by atoms with E-state index in [0.29, 0.717) is 44.3 Å². The van der Waals surface area contributed by atoms with Crippen molar-refractivity contribution in [1.82, 2.24) is 9.62 Å². The fourth-order valence-corrected chi connectivity index (χ4v) is 4.07. The van der Waals surface area contributed by atoms with Crippen molar-refractivity contribution >= 4 is 22.4 Å². The van der Waals surface area contributed by atoms with E-state index in [1.165, 1.54) is 4.31 Å². The number of halogens is 1. The summed E-state index contributed by atoms with van der Waals surface area (Å²) in [7, 11) is -3.54. The van der Waals surface area contributed by atoms with E-state index in [-0.39, 0.29) is 17.3 Å². The topological polar surface area (TPSA) is 67.9 Å². The molecule has 0 radical (unpaired) electrons. The van der Waals surface area contributed by atoms with Gasteiger partial charge in [-0.2, -0.15) is 4.31 Å². The van der Waals surface area contributed by atoms with Crippen LogP contribution < -0.4 is 14.8 Å². The van der Waals surface area contributed by atoms with Crippen LogP contribution in [-0.4, -0.2) is 52.1 Å². The molecule has 1 fully saturated rings. The minimum Gasteiger partial charge on any atom is -0.486 e. The van der Waals surface area contributed by atoms with Gasteiger partial charge in [-0.1, -0.05) is 6.07 Å². The zero-order valence-electron chi connectivity index (χ0n) is 11.6. The molecule has 1 N–H and O–H groups in total. The lowest BCUT2D eigenvalue weighted by Gasteiger charge is -2.24. The molecular weight excluding hydrogens is 316 g/mol. The number of nitrogens with zero attached hydrogens (tertiary/aromatic N) is 1. The standard InChI is InChI=1S/C13H18N2O4S.ClH/c16-20(17,15-7-2-5-14-6-8-15)12-4-1-3-11-13(12)19-10-9-18-11;/h1,3-4,14H,2,5-10H2;1H. The van der Waals surface area contributed by atoms with Crippen molar-refractivity contribution in [3.63, 3.8) is 0 Å². The van der Waals surface area contributed by atoms with Crippen LogP contribution in [0.1, 0.15) is 6.42 Å². The quantitative estimate of drug-likeness (QED) is 0.869. The number of hydrogen-bond acceptors (Lipinski definition) is 5. The summed E-state index contributed by atoms with van der Waals surface area (Å²) in [4.78, 5) is 0.205. The molecule has 1 aromatic rings. The number of ether oxygens (including phenoxy) is 2. The minimum absolute atomic E-state index is 0. The number of hydrogen-bond donors (Lipinski definition) is 1. The third kappa shape index (κ3) is 3.26. The molecule has 2 heterocycles. The summed E-state index contributed by atoms with van der Waals surface area (Å²) >= 11 is 0. The molecular formula is C13H19ClN2O4S. The van der Waals surface area contributed by atoms with E-state index in [4.69, 9.17) is 9.47 Å². The lowest BCUT2D eigenvalue weighted by atomic mass is 10.3. The molecule has 0 bridgehead atoms. The van der Waals surface area contributed by atoms with Crippen LogP contribution in [-0.2, 0) is 10.0 Å². The number of para-hydroxylation sites is 1. The first kappa shape index (κ1) is 16.4. The lowest BCUT2D eigenvalue weighted by Crippen LogP contribution is -2.34. The highest BCUT2D eigenvalue weighted by Crippen LogP contribution is 2.37. The first-order chi connectivity index (χ1) is 9.69. The first-order valence-corrected chi connectivity index (χ1v) is 8.23. The van der Waals surface area contributed by atoms with E-state index < -0.39 is 10.0 Å². The average molecular weight is 335 g/mol. The Morgan fingerprint density at radius 1 is 1.10 bits per heavy atom. The molecule has 21 heavy (non-hydrogen) atoms. The van der Waals surface area contributed by atoms with Gasteiger partial charge in [0.2, 0.25) is 10.0 Å². The molecule has 0 amide bonds. The predicted octanol–water partition coefficient (Wildman–Crippen LogP) is 0.864. The van der Waals surface area contributed by atoms with Crippen LogP contribution >= 0.6 is 12.4 Å². The molecule has 0 aromatic heterocycles. The number of sulfonamides is 1. The minimum atomic E-state index is -3.54. The van der Waals surface area contributed by atoms with Gasteiger partial charge in [-0.05, 0) is 25.1 Å². The maximum absolute atomic E-state index is 12.8. The Morgan fingerprint density at radius 2 is 1.90 bits per heavy atom. The molecule has 1 aromatic carbocycles. The SMILES string of the molecule is Cl.O=S(=O)(c1cccc2c1OCCO2)N1CCCNCC1. The Kier molecular flexibility index (Phi) is 5.32. The number of nitrogens with one attached hydrogen (secondary N) is 1. The molecule has 0 unspecified atom stereocenters. The second-order valence-corrected chi connectivity index (χ2v) is 6.69. The highest BCUT2D eigenvalue weighted by atomic mass is 35.5. The molecule has 0 atom stereocenters. The van der Waals surface area contributed by atoms with Crippen molar-refractivity contribution in [2.24, 2.45) is 0 Å². The summed E-state index contributed by atoms with van der Waals surface area (Å²) in [5.41, 5.74) is 0. The van der Waals surface area contributed by atoms with Crippen LogP contribution in [0.5, 0.6) is 11.5 Å². The summed E-state index contributed by atoms with van der Waals surface area (Å²) in [5.74, 6) is 0.848. The van der Waals surface area contributed by atoms with Gasteiger partial charge in [0, 0.05) is 19.6 Å². The maximum Gasteiger partial charge on any atom is 0.246 e. The molecule has 2 aliphatic heterocycles. The van der Waals surface area contributed by atoms with Crippen molar-refractivity contribution in [1.29, 1.82) is 0 Å². The molecule has 0 saturated carbocycles. The monoisotopic (exact) mass is 334 g/mol. The van der Waals surface area contributed by atoms with Gasteiger partial charge in [-0.15, -0.1) is 12.4 Å². The van der Waals surface area contributed by atoms with Crippen molar-refractivity contribution in [2.75, 3.05) is 39.4 Å². The predicted molar refractivity (Wildman–Crippen MR) is 80.9 cm³/mol. The summed E-state index contributed by atoms with van der Waals surface area (Å²) in [6.07, 6.45) is 0.811. The summed E-state index contributed by atoms with van der Waals surface area (Å²) in [5, 5.41) is 3.20. The van der Waals surface area contributed by atoms with Crippen LogP contribution in [0.25, 0.3) is 0 Å². The van der Waals surface area contributed by atoms with Crippen molar-refractivity contribution in [2.45, 2.75) is 11.3 Å². The fraction of sp³-hybridized carbons (Fsp3) is 0.538. The largest absolute Gasteiger partial charge is 0.486 e. The number of rotatable bonds is 2. The van der Waals surface area contributed by atoms with Gasteiger partial charge >= 0.3 is 0 Å². The second-order valence-electron chi connectivity index (χ2n) is 4.79. The van der Waals surface area contributed by atoms with Crippen LogP contribution in [0, 0.1) is 0 Å². The Balaban J connectivity index is 0.00000161. The summed E-state index contributed by atoms with van der Waals surface area (Å²) < 4.78 is 38.0. The Morgan fingerprint density at radius 3 is 2.76 bits per heavy atom. The van der Waals surface area contributed by atoms with Gasteiger partial charge in [0.25, 0.3) is 0 Å². The molecule has 2 aliphatic rings. The maximum atomic E-state index is 12.8. The van der Waals surface area contributed by atoms with Gasteiger partial charge in [0.1, 0.15) is 18.1 Å². The van der Waals surface area contributed by atoms with Crippen LogP contribution in [0.4, 0.5) is 0 Å². The Bertz CT molecular complexity index is 586. The zero-order chi connectivity index (χ0) is 14.0. The van der Waals surface area contributed by atoms with Gasteiger partial charge in [0.15, 0.2) is 11.5 Å². The van der Waals surface area contributed by atoms with Crippen molar-refractivity contribution in [3.05, 3.63) is 18.2 Å². The highest BCUT2D eigenvalue weighted by Gasteiger charge is 2.30. The lowest BCUT2D eigenvalue weighted by molar-refractivity contribution is 0.166. The molecule has 118 valence electrons. The molecule has 0 aliphatic carbocycles. The normalized spacial score (nSPS) is 19.4. The van der Waals surface area contributed by atoms with Gasteiger partial charge in [-0.25, -0.2) is 8.42 Å². The van der Waals surface area contributed by atoms with E-state index in [1.54, 1.807) is 18.2 Å². The van der Waals surface area contributed by atoms with Gasteiger partial charge < -0.3 is 14.8 Å². The van der Waals surface area contributed by atoms with Crippen molar-refractivity contribution in [3.8, 4) is 11.5 Å². The number of benzene rings is 1. The van der Waals surface area contributed by atoms with Crippen LogP contribution in [0.2, 0.25) is 0 Å². The van der Waals surface area contributed by atoms with Gasteiger partial charge in [-0.3, -0.25) is 0 Å².